The summed E-state index contributed by atoms with van der Waals surface area (Å²) in [7, 11) is 4.35. The quantitative estimate of drug-likeness (QED) is 0.297. The Kier molecular flexibility index (Phi) is 12.7. The Morgan fingerprint density at radius 3 is 2.17 bits per heavy atom. The molecule has 0 aromatic heterocycles. The van der Waals surface area contributed by atoms with E-state index < -0.39 is 29.5 Å². The Morgan fingerprint density at radius 2 is 1.70 bits per heavy atom. The molecule has 10 heteroatoms. The number of hydrogen-bond donors (Lipinski definition) is 2. The highest BCUT2D eigenvalue weighted by Crippen LogP contribution is 2.19. The van der Waals surface area contributed by atoms with Crippen LogP contribution in [0, 0.1) is 0 Å². The summed E-state index contributed by atoms with van der Waals surface area (Å²) in [6.07, 6.45) is 1.80. The van der Waals surface area contributed by atoms with Gasteiger partial charge in [-0.05, 0) is 32.4 Å². The smallest absolute Gasteiger partial charge is 0.305 e. The average molecular weight is 448 g/mol. The number of nitrogens with two attached hydrogens (primary N) is 1. The molecule has 174 valence electrons. The highest BCUT2D eigenvalue weighted by Gasteiger charge is 2.36. The van der Waals surface area contributed by atoms with Crippen molar-refractivity contribution in [3.05, 3.63) is 0 Å². The number of aliphatic hydroxyl groups is 1. The SMILES string of the molecule is CCCC(=O)N(C)[C@@H](CSCCCC(=O)OC)C(=O)N(C)[C@@H](CC(C)(C)O)C(N)=O. The van der Waals surface area contributed by atoms with Crippen molar-refractivity contribution < 1.29 is 29.0 Å². The van der Waals surface area contributed by atoms with Crippen LogP contribution >= 0.6 is 11.8 Å². The first-order valence-corrected chi connectivity index (χ1v) is 11.2. The summed E-state index contributed by atoms with van der Waals surface area (Å²) in [5, 5.41) is 10.1. The molecule has 0 aliphatic carbocycles. The van der Waals surface area contributed by atoms with Gasteiger partial charge in [0.1, 0.15) is 12.1 Å². The second-order valence-corrected chi connectivity index (χ2v) is 9.06. The Labute approximate surface area is 183 Å². The van der Waals surface area contributed by atoms with Crippen LogP contribution in [0.5, 0.6) is 0 Å². The van der Waals surface area contributed by atoms with Crippen molar-refractivity contribution in [3.8, 4) is 0 Å². The Morgan fingerprint density at radius 1 is 1.10 bits per heavy atom. The molecule has 0 aliphatic rings. The molecule has 0 fully saturated rings. The second-order valence-electron chi connectivity index (χ2n) is 7.91. The van der Waals surface area contributed by atoms with Gasteiger partial charge in [-0.2, -0.15) is 11.8 Å². The lowest BCUT2D eigenvalue weighted by Gasteiger charge is -2.35. The van der Waals surface area contributed by atoms with E-state index in [4.69, 9.17) is 5.73 Å². The number of primary amides is 1. The molecule has 0 saturated carbocycles. The number of rotatable bonds is 14. The fourth-order valence-electron chi connectivity index (χ4n) is 2.82. The van der Waals surface area contributed by atoms with Gasteiger partial charge in [-0.25, -0.2) is 0 Å². The Bertz CT molecular complexity index is 594. The lowest BCUT2D eigenvalue weighted by Crippen LogP contribution is -2.56. The Balaban J connectivity index is 5.34. The van der Waals surface area contributed by atoms with Gasteiger partial charge in [0.2, 0.25) is 17.7 Å². The molecule has 9 nitrogen and oxygen atoms in total. The molecule has 0 aliphatic heterocycles. The van der Waals surface area contributed by atoms with E-state index in [1.165, 1.54) is 49.6 Å². The lowest BCUT2D eigenvalue weighted by atomic mass is 9.97. The number of hydrogen-bond acceptors (Lipinski definition) is 7. The van der Waals surface area contributed by atoms with Gasteiger partial charge in [0.25, 0.3) is 0 Å². The first kappa shape index (κ1) is 28.2. The largest absolute Gasteiger partial charge is 0.469 e. The topological polar surface area (TPSA) is 130 Å². The van der Waals surface area contributed by atoms with Gasteiger partial charge >= 0.3 is 5.97 Å². The monoisotopic (exact) mass is 447 g/mol. The number of methoxy groups -OCH3 is 1. The van der Waals surface area contributed by atoms with Gasteiger partial charge < -0.3 is 25.4 Å². The number of likely N-dealkylation sites (N-methyl/N-ethyl adjacent to an activating group) is 2. The standard InChI is InChI=1S/C20H37N3O6S/c1-7-9-16(24)22(4)15(13-30-11-8-10-17(25)29-6)19(27)23(5)14(18(21)26)12-20(2,3)28/h14-15,28H,7-13H2,1-6H3,(H2,21,26)/t14-,15-/m0/s1. The second kappa shape index (κ2) is 13.5. The first-order valence-electron chi connectivity index (χ1n) is 10.0. The molecule has 0 bridgehead atoms. The van der Waals surface area contributed by atoms with Gasteiger partial charge in [0.15, 0.2) is 0 Å². The summed E-state index contributed by atoms with van der Waals surface area (Å²) in [5.74, 6) is -0.687. The highest BCUT2D eigenvalue weighted by atomic mass is 32.2. The fourth-order valence-corrected chi connectivity index (χ4v) is 3.92. The number of thioether (sulfide) groups is 1. The van der Waals surface area contributed by atoms with Crippen molar-refractivity contribution in [1.29, 1.82) is 0 Å². The maximum Gasteiger partial charge on any atom is 0.305 e. The number of amides is 3. The van der Waals surface area contributed by atoms with E-state index in [-0.39, 0.29) is 24.7 Å². The average Bonchev–Trinajstić information content (AvgIpc) is 2.66. The van der Waals surface area contributed by atoms with Crippen molar-refractivity contribution in [2.24, 2.45) is 5.73 Å². The van der Waals surface area contributed by atoms with Crippen molar-refractivity contribution in [3.63, 3.8) is 0 Å². The van der Waals surface area contributed by atoms with Gasteiger partial charge in [0, 0.05) is 39.1 Å². The maximum atomic E-state index is 13.2. The third-order valence-electron chi connectivity index (χ3n) is 4.62. The molecule has 3 N–H and O–H groups in total. The van der Waals surface area contributed by atoms with E-state index in [2.05, 4.69) is 4.74 Å². The molecule has 30 heavy (non-hydrogen) atoms. The minimum Gasteiger partial charge on any atom is -0.469 e. The van der Waals surface area contributed by atoms with Crippen LogP contribution in [0.25, 0.3) is 0 Å². The molecule has 2 atom stereocenters. The third kappa shape index (κ3) is 10.3. The van der Waals surface area contributed by atoms with Crippen molar-refractivity contribution in [1.82, 2.24) is 9.80 Å². The van der Waals surface area contributed by atoms with Crippen LogP contribution in [0.2, 0.25) is 0 Å². The molecule has 3 amide bonds. The summed E-state index contributed by atoms with van der Waals surface area (Å²) >= 11 is 1.44. The van der Waals surface area contributed by atoms with Gasteiger partial charge in [0.05, 0.1) is 12.7 Å². The van der Waals surface area contributed by atoms with Crippen molar-refractivity contribution >= 4 is 35.5 Å². The van der Waals surface area contributed by atoms with Gasteiger partial charge in [-0.1, -0.05) is 6.92 Å². The van der Waals surface area contributed by atoms with Crippen LogP contribution in [-0.4, -0.2) is 89.0 Å². The molecule has 0 spiro atoms. The number of carbonyl (C=O) groups is 4. The summed E-state index contributed by atoms with van der Waals surface area (Å²) in [4.78, 5) is 51.4. The third-order valence-corrected chi connectivity index (χ3v) is 5.75. The highest BCUT2D eigenvalue weighted by molar-refractivity contribution is 7.99. The summed E-state index contributed by atoms with van der Waals surface area (Å²) in [6.45, 7) is 4.95. The number of esters is 1. The lowest BCUT2D eigenvalue weighted by molar-refractivity contribution is -0.147. The molecule has 0 aromatic rings. The van der Waals surface area contributed by atoms with E-state index in [0.717, 1.165) is 0 Å². The zero-order valence-corrected chi connectivity index (χ0v) is 19.8. The molecule has 0 rings (SSSR count). The zero-order valence-electron chi connectivity index (χ0n) is 19.0. The predicted octanol–water partition coefficient (Wildman–Crippen LogP) is 0.773. The number of ether oxygens (including phenoxy) is 1. The van der Waals surface area contributed by atoms with E-state index in [0.29, 0.717) is 30.8 Å². The molecule has 0 unspecified atom stereocenters. The van der Waals surface area contributed by atoms with Crippen molar-refractivity contribution in [2.45, 2.75) is 70.6 Å². The normalized spacial score (nSPS) is 13.3. The molecular formula is C20H37N3O6S. The van der Waals surface area contributed by atoms with Gasteiger partial charge in [-0.15, -0.1) is 0 Å². The van der Waals surface area contributed by atoms with E-state index in [9.17, 15) is 24.3 Å². The molecule has 0 saturated heterocycles. The first-order chi connectivity index (χ1) is 13.9. The summed E-state index contributed by atoms with van der Waals surface area (Å²) < 4.78 is 4.61. The van der Waals surface area contributed by atoms with Crippen LogP contribution in [0.3, 0.4) is 0 Å². The van der Waals surface area contributed by atoms with Gasteiger partial charge in [-0.3, -0.25) is 19.2 Å². The summed E-state index contributed by atoms with van der Waals surface area (Å²) in [6, 6.07) is -1.79. The minimum absolute atomic E-state index is 0.0177. The van der Waals surface area contributed by atoms with Crippen LogP contribution in [0.15, 0.2) is 0 Å². The van der Waals surface area contributed by atoms with E-state index >= 15 is 0 Å². The Hall–Kier alpha value is -1.81. The summed E-state index contributed by atoms with van der Waals surface area (Å²) in [5.41, 5.74) is 4.28. The van der Waals surface area contributed by atoms with E-state index in [1.807, 2.05) is 6.92 Å². The van der Waals surface area contributed by atoms with E-state index in [1.54, 1.807) is 7.05 Å². The zero-order chi connectivity index (χ0) is 23.5. The fraction of sp³-hybridized carbons (Fsp3) is 0.800. The van der Waals surface area contributed by atoms with Crippen LogP contribution in [0.1, 0.15) is 52.9 Å². The maximum absolute atomic E-state index is 13.2. The molecular weight excluding hydrogens is 410 g/mol. The molecule has 0 aromatic carbocycles. The van der Waals surface area contributed by atoms with Crippen LogP contribution in [-0.2, 0) is 23.9 Å². The molecule has 0 heterocycles. The van der Waals surface area contributed by atoms with Crippen molar-refractivity contribution in [2.75, 3.05) is 32.7 Å². The van der Waals surface area contributed by atoms with Crippen LogP contribution in [0.4, 0.5) is 0 Å². The minimum atomic E-state index is -1.20. The van der Waals surface area contributed by atoms with Crippen LogP contribution < -0.4 is 5.73 Å². The number of carbonyl (C=O) groups excluding carboxylic acids is 4. The number of nitrogens with zero attached hydrogens (tertiary/aromatic N) is 2. The molecule has 0 radical (unpaired) electrons. The predicted molar refractivity (Wildman–Crippen MR) is 117 cm³/mol.